The zero-order valence-electron chi connectivity index (χ0n) is 18.2. The van der Waals surface area contributed by atoms with Crippen molar-refractivity contribution in [3.8, 4) is 10.7 Å². The molecule has 0 atom stereocenters. The number of rotatable bonds is 5. The van der Waals surface area contributed by atoms with Gasteiger partial charge < -0.3 is 0 Å². The van der Waals surface area contributed by atoms with E-state index in [9.17, 15) is 0 Å². The zero-order chi connectivity index (χ0) is 21.3. The number of fused-ring (bicyclic) bond motifs is 1. The fourth-order valence-corrected chi connectivity index (χ4v) is 4.54. The highest BCUT2D eigenvalue weighted by Gasteiger charge is 2.15. The van der Waals surface area contributed by atoms with Crippen molar-refractivity contribution in [1.29, 1.82) is 0 Å². The molecule has 0 bridgehead atoms. The molecule has 0 aliphatic rings. The summed E-state index contributed by atoms with van der Waals surface area (Å²) in [5, 5.41) is 0.941. The minimum atomic E-state index is 0.414. The molecule has 2 aromatic carbocycles. The molecule has 30 heavy (non-hydrogen) atoms. The van der Waals surface area contributed by atoms with Gasteiger partial charge in [-0.2, -0.15) is 0 Å². The van der Waals surface area contributed by atoms with Crippen molar-refractivity contribution in [3.05, 3.63) is 77.5 Å². The van der Waals surface area contributed by atoms with Crippen LogP contribution < -0.4 is 0 Å². The van der Waals surface area contributed by atoms with Crippen LogP contribution in [0.2, 0.25) is 0 Å². The molecular formula is C26H27N3S. The van der Waals surface area contributed by atoms with Gasteiger partial charge in [0.05, 0.1) is 33.0 Å². The summed E-state index contributed by atoms with van der Waals surface area (Å²) < 4.78 is 1.18. The first kappa shape index (κ1) is 20.4. The predicted molar refractivity (Wildman–Crippen MR) is 129 cm³/mol. The Balaban J connectivity index is 1.77. The largest absolute Gasteiger partial charge is 0.251 e. The monoisotopic (exact) mass is 413 g/mol. The second kappa shape index (κ2) is 8.49. The molecule has 0 N–H and O–H groups in total. The van der Waals surface area contributed by atoms with Gasteiger partial charge in [0.2, 0.25) is 0 Å². The van der Waals surface area contributed by atoms with Crippen LogP contribution in [0.15, 0.2) is 65.7 Å². The third kappa shape index (κ3) is 4.05. The zero-order valence-corrected chi connectivity index (χ0v) is 19.0. The molecule has 2 heterocycles. The van der Waals surface area contributed by atoms with E-state index in [0.29, 0.717) is 11.8 Å². The van der Waals surface area contributed by atoms with Gasteiger partial charge in [0.25, 0.3) is 0 Å². The maximum atomic E-state index is 5.09. The minimum absolute atomic E-state index is 0.414. The molecule has 4 rings (SSSR count). The number of para-hydroxylation sites is 2. The quantitative estimate of drug-likeness (QED) is 0.314. The number of thiazole rings is 1. The first-order valence-corrected chi connectivity index (χ1v) is 11.3. The van der Waals surface area contributed by atoms with Gasteiger partial charge in [0.1, 0.15) is 5.01 Å². The number of benzene rings is 2. The molecule has 3 nitrogen and oxygen atoms in total. The highest BCUT2D eigenvalue weighted by molar-refractivity contribution is 7.21. The van der Waals surface area contributed by atoms with E-state index in [4.69, 9.17) is 15.0 Å². The van der Waals surface area contributed by atoms with E-state index in [2.05, 4.69) is 52.0 Å². The lowest BCUT2D eigenvalue weighted by molar-refractivity contribution is 0.834. The summed E-state index contributed by atoms with van der Waals surface area (Å²) in [6, 6.07) is 20.8. The molecule has 0 fully saturated rings. The Hall–Kier alpha value is -2.85. The van der Waals surface area contributed by atoms with E-state index < -0.39 is 0 Å². The van der Waals surface area contributed by atoms with Crippen LogP contribution in [0.3, 0.4) is 0 Å². The SMILES string of the molecule is CC(=Nc1c(C(C)C)cccc1C(C)C)c1cccc(-c2nc3ccccc3s2)n1. The van der Waals surface area contributed by atoms with Crippen LogP contribution in [-0.4, -0.2) is 15.7 Å². The summed E-state index contributed by atoms with van der Waals surface area (Å²) in [7, 11) is 0. The highest BCUT2D eigenvalue weighted by Crippen LogP contribution is 2.35. The number of nitrogens with zero attached hydrogens (tertiary/aromatic N) is 3. The third-order valence-corrected chi connectivity index (χ3v) is 6.31. The van der Waals surface area contributed by atoms with Gasteiger partial charge in [-0.3, -0.25) is 4.99 Å². The summed E-state index contributed by atoms with van der Waals surface area (Å²) in [6.45, 7) is 10.9. The summed E-state index contributed by atoms with van der Waals surface area (Å²) >= 11 is 1.67. The lowest BCUT2D eigenvalue weighted by Gasteiger charge is -2.17. The van der Waals surface area contributed by atoms with Crippen molar-refractivity contribution in [2.24, 2.45) is 4.99 Å². The third-order valence-electron chi connectivity index (χ3n) is 5.25. The number of pyridine rings is 1. The van der Waals surface area contributed by atoms with Gasteiger partial charge in [-0.05, 0) is 54.2 Å². The van der Waals surface area contributed by atoms with Crippen molar-refractivity contribution in [2.45, 2.75) is 46.5 Å². The summed E-state index contributed by atoms with van der Waals surface area (Å²) in [5.74, 6) is 0.828. The Kier molecular flexibility index (Phi) is 5.78. The Bertz CT molecular complexity index is 1160. The number of aromatic nitrogens is 2. The average molecular weight is 414 g/mol. The molecule has 0 unspecified atom stereocenters. The highest BCUT2D eigenvalue weighted by atomic mass is 32.1. The average Bonchev–Trinajstić information content (AvgIpc) is 3.18. The lowest BCUT2D eigenvalue weighted by Crippen LogP contribution is -2.02. The lowest BCUT2D eigenvalue weighted by atomic mass is 9.93. The molecule has 0 saturated carbocycles. The van der Waals surface area contributed by atoms with Crippen LogP contribution in [0, 0.1) is 0 Å². The van der Waals surface area contributed by atoms with E-state index in [0.717, 1.165) is 33.3 Å². The van der Waals surface area contributed by atoms with Crippen LogP contribution >= 0.6 is 11.3 Å². The topological polar surface area (TPSA) is 38.1 Å². The fourth-order valence-electron chi connectivity index (χ4n) is 3.60. The van der Waals surface area contributed by atoms with E-state index in [1.54, 1.807) is 11.3 Å². The molecular weight excluding hydrogens is 386 g/mol. The summed E-state index contributed by atoms with van der Waals surface area (Å²) in [6.07, 6.45) is 0. The van der Waals surface area contributed by atoms with Crippen molar-refractivity contribution < 1.29 is 0 Å². The van der Waals surface area contributed by atoms with Crippen molar-refractivity contribution >= 4 is 33.0 Å². The van der Waals surface area contributed by atoms with Gasteiger partial charge in [-0.15, -0.1) is 11.3 Å². The predicted octanol–water partition coefficient (Wildman–Crippen LogP) is 7.75. The van der Waals surface area contributed by atoms with E-state index in [1.165, 1.54) is 15.8 Å². The standard InChI is InChI=1S/C26H27N3S/c1-16(2)19-10-8-11-20(17(3)4)25(19)27-18(5)21-13-9-14-23(28-21)26-29-22-12-6-7-15-24(22)30-26/h6-17H,1-5H3. The second-order valence-electron chi connectivity index (χ2n) is 8.19. The van der Waals surface area contributed by atoms with Crippen LogP contribution in [-0.2, 0) is 0 Å². The Morgan fingerprint density at radius 1 is 0.800 bits per heavy atom. The molecule has 2 aromatic heterocycles. The van der Waals surface area contributed by atoms with Gasteiger partial charge >= 0.3 is 0 Å². The number of hydrogen-bond acceptors (Lipinski definition) is 4. The summed E-state index contributed by atoms with van der Waals surface area (Å²) in [4.78, 5) is 14.7. The maximum Gasteiger partial charge on any atom is 0.143 e. The molecule has 0 amide bonds. The van der Waals surface area contributed by atoms with Gasteiger partial charge in [-0.25, -0.2) is 9.97 Å². The van der Waals surface area contributed by atoms with Crippen molar-refractivity contribution in [2.75, 3.05) is 0 Å². The van der Waals surface area contributed by atoms with Crippen LogP contribution in [0.5, 0.6) is 0 Å². The molecule has 0 saturated heterocycles. The molecule has 0 spiro atoms. The van der Waals surface area contributed by atoms with Crippen molar-refractivity contribution in [1.82, 2.24) is 9.97 Å². The van der Waals surface area contributed by atoms with E-state index in [-0.39, 0.29) is 0 Å². The first-order valence-electron chi connectivity index (χ1n) is 10.5. The Morgan fingerprint density at radius 2 is 1.47 bits per heavy atom. The van der Waals surface area contributed by atoms with Crippen molar-refractivity contribution in [3.63, 3.8) is 0 Å². The molecule has 0 aliphatic carbocycles. The Morgan fingerprint density at radius 3 is 2.13 bits per heavy atom. The first-order chi connectivity index (χ1) is 14.4. The summed E-state index contributed by atoms with van der Waals surface area (Å²) in [5.41, 5.74) is 7.37. The van der Waals surface area contributed by atoms with E-state index in [1.807, 2.05) is 43.3 Å². The molecule has 152 valence electrons. The normalized spacial score (nSPS) is 12.3. The molecule has 0 aliphatic heterocycles. The maximum absolute atomic E-state index is 5.09. The van der Waals surface area contributed by atoms with Gasteiger partial charge in [0.15, 0.2) is 0 Å². The number of aliphatic imine (C=N–C) groups is 1. The minimum Gasteiger partial charge on any atom is -0.251 e. The van der Waals surface area contributed by atoms with E-state index >= 15 is 0 Å². The van der Waals surface area contributed by atoms with Crippen LogP contribution in [0.25, 0.3) is 20.9 Å². The smallest absolute Gasteiger partial charge is 0.143 e. The van der Waals surface area contributed by atoms with Crippen LogP contribution in [0.1, 0.15) is 63.3 Å². The molecule has 4 heteroatoms. The van der Waals surface area contributed by atoms with Crippen LogP contribution in [0.4, 0.5) is 5.69 Å². The second-order valence-corrected chi connectivity index (χ2v) is 9.22. The van der Waals surface area contributed by atoms with Gasteiger partial charge in [0, 0.05) is 0 Å². The Labute approximate surface area is 182 Å². The molecule has 0 radical (unpaired) electrons. The number of hydrogen-bond donors (Lipinski definition) is 0. The fraction of sp³-hybridized carbons (Fsp3) is 0.269. The van der Waals surface area contributed by atoms with Gasteiger partial charge in [-0.1, -0.05) is 64.1 Å². The molecule has 4 aromatic rings.